The Morgan fingerprint density at radius 3 is 2.85 bits per heavy atom. The number of aromatic nitrogens is 2. The number of aliphatic imine (C=N–C) groups is 1. The monoisotopic (exact) mass is 483 g/mol. The van der Waals surface area contributed by atoms with Crippen molar-refractivity contribution in [2.24, 2.45) is 12.0 Å². The summed E-state index contributed by atoms with van der Waals surface area (Å²) in [4.78, 5) is 6.77. The second-order valence-corrected chi connectivity index (χ2v) is 7.00. The van der Waals surface area contributed by atoms with Crippen LogP contribution in [-0.4, -0.2) is 53.4 Å². The second-order valence-electron chi connectivity index (χ2n) is 7.00. The van der Waals surface area contributed by atoms with Crippen LogP contribution in [0.3, 0.4) is 0 Å². The van der Waals surface area contributed by atoms with Crippen molar-refractivity contribution in [2.45, 2.75) is 32.3 Å². The van der Waals surface area contributed by atoms with Crippen LogP contribution in [0.25, 0.3) is 0 Å². The molecule has 2 heterocycles. The number of nitrogens with one attached hydrogen (secondary N) is 1. The van der Waals surface area contributed by atoms with Gasteiger partial charge >= 0.3 is 0 Å². The van der Waals surface area contributed by atoms with Crippen molar-refractivity contribution in [3.8, 4) is 5.75 Å². The van der Waals surface area contributed by atoms with Crippen molar-refractivity contribution in [3.05, 3.63) is 47.8 Å². The molecule has 1 aromatic carbocycles. The summed E-state index contributed by atoms with van der Waals surface area (Å²) in [5.74, 6) is 2.40. The number of halogens is 1. The topological polar surface area (TPSA) is 54.7 Å². The number of para-hydroxylation sites is 1. The molecule has 7 heteroatoms. The molecule has 1 aliphatic heterocycles. The molecule has 3 rings (SSSR count). The lowest BCUT2D eigenvalue weighted by molar-refractivity contribution is 0.221. The number of guanidine groups is 1. The molecule has 2 aromatic rings. The number of rotatable bonds is 5. The third-order valence-corrected chi connectivity index (χ3v) is 4.87. The van der Waals surface area contributed by atoms with Crippen molar-refractivity contribution >= 4 is 29.9 Å². The maximum atomic E-state index is 6.05. The molecule has 0 saturated carbocycles. The summed E-state index contributed by atoms with van der Waals surface area (Å²) in [6.07, 6.45) is 5.27. The van der Waals surface area contributed by atoms with Gasteiger partial charge in [0.2, 0.25) is 0 Å². The molecule has 148 valence electrons. The van der Waals surface area contributed by atoms with Gasteiger partial charge in [-0.05, 0) is 37.5 Å². The number of ether oxygens (including phenoxy) is 1. The normalized spacial score (nSPS) is 18.1. The summed E-state index contributed by atoms with van der Waals surface area (Å²) < 4.78 is 7.92. The van der Waals surface area contributed by atoms with E-state index in [4.69, 9.17) is 4.74 Å². The zero-order chi connectivity index (χ0) is 18.5. The molecule has 1 fully saturated rings. The zero-order valence-electron chi connectivity index (χ0n) is 16.6. The highest BCUT2D eigenvalue weighted by Crippen LogP contribution is 2.26. The minimum atomic E-state index is 0. The third-order valence-electron chi connectivity index (χ3n) is 4.87. The van der Waals surface area contributed by atoms with Gasteiger partial charge in [0.1, 0.15) is 11.9 Å². The summed E-state index contributed by atoms with van der Waals surface area (Å²) in [6.45, 7) is 6.84. The molecule has 0 bridgehead atoms. The van der Waals surface area contributed by atoms with E-state index in [1.54, 1.807) is 0 Å². The summed E-state index contributed by atoms with van der Waals surface area (Å²) >= 11 is 0. The van der Waals surface area contributed by atoms with E-state index in [0.717, 1.165) is 43.3 Å². The molecule has 0 spiro atoms. The standard InChI is InChI=1S/C20H29N5O.HI/c1-15-7-5-6-8-19(15)26-16(2)11-22-20(21-3)25-10-9-17(14-25)18-12-23-24(4)13-18;/h5-8,12-13,16-17H,9-11,14H2,1-4H3,(H,21,22);1H. The fourth-order valence-corrected chi connectivity index (χ4v) is 3.39. The minimum absolute atomic E-state index is 0. The Hall–Kier alpha value is -1.77. The van der Waals surface area contributed by atoms with Gasteiger partial charge in [-0.1, -0.05) is 18.2 Å². The van der Waals surface area contributed by atoms with Crippen LogP contribution < -0.4 is 10.1 Å². The van der Waals surface area contributed by atoms with Crippen molar-refractivity contribution in [2.75, 3.05) is 26.7 Å². The minimum Gasteiger partial charge on any atom is -0.489 e. The fraction of sp³-hybridized carbons (Fsp3) is 0.500. The molecule has 0 aliphatic carbocycles. The molecular weight excluding hydrogens is 453 g/mol. The van der Waals surface area contributed by atoms with Gasteiger partial charge in [-0.3, -0.25) is 9.67 Å². The van der Waals surface area contributed by atoms with E-state index in [-0.39, 0.29) is 30.1 Å². The molecule has 1 N–H and O–H groups in total. The first-order valence-corrected chi connectivity index (χ1v) is 9.23. The maximum Gasteiger partial charge on any atom is 0.193 e. The maximum absolute atomic E-state index is 6.05. The predicted octanol–water partition coefficient (Wildman–Crippen LogP) is 3.18. The summed E-state index contributed by atoms with van der Waals surface area (Å²) in [6, 6.07) is 8.11. The smallest absolute Gasteiger partial charge is 0.193 e. The number of hydrogen-bond acceptors (Lipinski definition) is 3. The molecular formula is C20H30IN5O. The molecule has 0 amide bonds. The van der Waals surface area contributed by atoms with Crippen LogP contribution in [0, 0.1) is 6.92 Å². The van der Waals surface area contributed by atoms with Crippen molar-refractivity contribution in [1.82, 2.24) is 20.0 Å². The Morgan fingerprint density at radius 1 is 1.41 bits per heavy atom. The second kappa shape index (κ2) is 9.96. The van der Waals surface area contributed by atoms with E-state index in [1.165, 1.54) is 5.56 Å². The summed E-state index contributed by atoms with van der Waals surface area (Å²) in [7, 11) is 3.80. The largest absolute Gasteiger partial charge is 0.489 e. The molecule has 27 heavy (non-hydrogen) atoms. The van der Waals surface area contributed by atoms with E-state index in [0.29, 0.717) is 5.92 Å². The van der Waals surface area contributed by atoms with E-state index in [2.05, 4.69) is 46.4 Å². The van der Waals surface area contributed by atoms with Crippen LogP contribution in [0.1, 0.15) is 30.4 Å². The molecule has 2 atom stereocenters. The lowest BCUT2D eigenvalue weighted by atomic mass is 10.0. The number of aryl methyl sites for hydroxylation is 2. The highest BCUT2D eigenvalue weighted by atomic mass is 127. The SMILES string of the molecule is CN=C(NCC(C)Oc1ccccc1C)N1CCC(c2cnn(C)c2)C1.I. The molecule has 6 nitrogen and oxygen atoms in total. The quantitative estimate of drug-likeness (QED) is 0.404. The van der Waals surface area contributed by atoms with E-state index < -0.39 is 0 Å². The van der Waals surface area contributed by atoms with E-state index >= 15 is 0 Å². The Morgan fingerprint density at radius 2 is 2.19 bits per heavy atom. The van der Waals surface area contributed by atoms with Gasteiger partial charge in [0.25, 0.3) is 0 Å². The Labute approximate surface area is 179 Å². The Bertz CT molecular complexity index is 760. The zero-order valence-corrected chi connectivity index (χ0v) is 18.9. The lowest BCUT2D eigenvalue weighted by Gasteiger charge is -2.24. The average Bonchev–Trinajstić information content (AvgIpc) is 3.27. The van der Waals surface area contributed by atoms with Gasteiger partial charge in [0.05, 0.1) is 12.7 Å². The third kappa shape index (κ3) is 5.60. The van der Waals surface area contributed by atoms with Crippen LogP contribution in [0.5, 0.6) is 5.75 Å². The molecule has 1 aromatic heterocycles. The summed E-state index contributed by atoms with van der Waals surface area (Å²) in [5.41, 5.74) is 2.46. The molecule has 0 radical (unpaired) electrons. The number of benzene rings is 1. The van der Waals surface area contributed by atoms with Crippen molar-refractivity contribution in [3.63, 3.8) is 0 Å². The van der Waals surface area contributed by atoms with Gasteiger partial charge in [-0.2, -0.15) is 5.10 Å². The van der Waals surface area contributed by atoms with Crippen LogP contribution in [0.4, 0.5) is 0 Å². The van der Waals surface area contributed by atoms with Crippen LogP contribution in [0.2, 0.25) is 0 Å². The number of hydrogen-bond donors (Lipinski definition) is 1. The molecule has 2 unspecified atom stereocenters. The van der Waals surface area contributed by atoms with Crippen molar-refractivity contribution in [1.29, 1.82) is 0 Å². The van der Waals surface area contributed by atoms with Crippen LogP contribution in [0.15, 0.2) is 41.7 Å². The fourth-order valence-electron chi connectivity index (χ4n) is 3.39. The van der Waals surface area contributed by atoms with Gasteiger partial charge in [-0.15, -0.1) is 24.0 Å². The van der Waals surface area contributed by atoms with Crippen LogP contribution in [-0.2, 0) is 7.05 Å². The van der Waals surface area contributed by atoms with Crippen LogP contribution >= 0.6 is 24.0 Å². The Balaban J connectivity index is 0.00000261. The average molecular weight is 483 g/mol. The van der Waals surface area contributed by atoms with Gasteiger partial charge in [0, 0.05) is 39.3 Å². The highest BCUT2D eigenvalue weighted by Gasteiger charge is 2.27. The van der Waals surface area contributed by atoms with E-state index in [1.807, 2.05) is 43.2 Å². The first-order chi connectivity index (χ1) is 12.6. The van der Waals surface area contributed by atoms with Gasteiger partial charge < -0.3 is 15.0 Å². The molecule has 1 aliphatic rings. The van der Waals surface area contributed by atoms with Gasteiger partial charge in [-0.25, -0.2) is 0 Å². The first-order valence-electron chi connectivity index (χ1n) is 9.23. The van der Waals surface area contributed by atoms with Gasteiger partial charge in [0.15, 0.2) is 5.96 Å². The highest BCUT2D eigenvalue weighted by molar-refractivity contribution is 14.0. The number of nitrogens with zero attached hydrogens (tertiary/aromatic N) is 4. The first kappa shape index (κ1) is 21.5. The summed E-state index contributed by atoms with van der Waals surface area (Å²) in [5, 5.41) is 7.75. The molecule has 1 saturated heterocycles. The lowest BCUT2D eigenvalue weighted by Crippen LogP contribution is -2.43. The predicted molar refractivity (Wildman–Crippen MR) is 120 cm³/mol. The van der Waals surface area contributed by atoms with Crippen molar-refractivity contribution < 1.29 is 4.74 Å². The number of likely N-dealkylation sites (tertiary alicyclic amines) is 1. The van der Waals surface area contributed by atoms with E-state index in [9.17, 15) is 0 Å². The Kier molecular flexibility index (Phi) is 7.94.